The highest BCUT2D eigenvalue weighted by Gasteiger charge is 2.44. The molecule has 8 heteroatoms. The summed E-state index contributed by atoms with van der Waals surface area (Å²) in [5, 5.41) is 2.98. The molecule has 4 rings (SSSR count). The van der Waals surface area contributed by atoms with Gasteiger partial charge in [0.2, 0.25) is 11.8 Å². The van der Waals surface area contributed by atoms with Crippen molar-refractivity contribution in [1.82, 2.24) is 9.62 Å². The van der Waals surface area contributed by atoms with Crippen molar-refractivity contribution in [2.45, 2.75) is 36.7 Å². The normalized spacial score (nSPS) is 16.0. The van der Waals surface area contributed by atoms with Crippen LogP contribution < -0.4 is 10.1 Å². The van der Waals surface area contributed by atoms with E-state index < -0.39 is 33.9 Å². The Labute approximate surface area is 199 Å². The highest BCUT2D eigenvalue weighted by atomic mass is 32.2. The van der Waals surface area contributed by atoms with Crippen LogP contribution in [0.15, 0.2) is 83.8 Å². The third kappa shape index (κ3) is 4.54. The SMILES string of the molecule is COc1ccc(S(=O)(=O)N2C(=O)CC[C@H]2C(=O)NC(c2ccccc2)c2ccccc2)cc1C. The van der Waals surface area contributed by atoms with Crippen LogP contribution in [-0.2, 0) is 19.6 Å². The zero-order valence-electron chi connectivity index (χ0n) is 19.0. The third-order valence-electron chi connectivity index (χ3n) is 5.94. The predicted octanol–water partition coefficient (Wildman–Crippen LogP) is 3.59. The highest BCUT2D eigenvalue weighted by molar-refractivity contribution is 7.89. The van der Waals surface area contributed by atoms with E-state index in [0.29, 0.717) is 11.3 Å². The van der Waals surface area contributed by atoms with Crippen molar-refractivity contribution in [3.63, 3.8) is 0 Å². The van der Waals surface area contributed by atoms with E-state index in [-0.39, 0.29) is 17.7 Å². The van der Waals surface area contributed by atoms with Crippen molar-refractivity contribution >= 4 is 21.8 Å². The number of nitrogens with zero attached hydrogens (tertiary/aromatic N) is 1. The van der Waals surface area contributed by atoms with Crippen molar-refractivity contribution in [3.8, 4) is 5.75 Å². The van der Waals surface area contributed by atoms with Gasteiger partial charge < -0.3 is 10.1 Å². The second-order valence-electron chi connectivity index (χ2n) is 8.14. The van der Waals surface area contributed by atoms with Crippen molar-refractivity contribution < 1.29 is 22.7 Å². The van der Waals surface area contributed by atoms with Crippen LogP contribution in [0.1, 0.15) is 35.6 Å². The minimum atomic E-state index is -4.23. The molecule has 0 bridgehead atoms. The van der Waals surface area contributed by atoms with Crippen LogP contribution in [0.2, 0.25) is 0 Å². The van der Waals surface area contributed by atoms with Crippen molar-refractivity contribution in [2.75, 3.05) is 7.11 Å². The summed E-state index contributed by atoms with van der Waals surface area (Å²) in [4.78, 5) is 26.0. The van der Waals surface area contributed by atoms with Crippen LogP contribution >= 0.6 is 0 Å². The zero-order chi connectivity index (χ0) is 24.3. The van der Waals surface area contributed by atoms with Crippen LogP contribution in [0.5, 0.6) is 5.75 Å². The number of carbonyl (C=O) groups excluding carboxylic acids is 2. The summed E-state index contributed by atoms with van der Waals surface area (Å²) in [6.07, 6.45) is 0.100. The smallest absolute Gasteiger partial charge is 0.267 e. The summed E-state index contributed by atoms with van der Waals surface area (Å²) in [7, 11) is -2.73. The Bertz CT molecular complexity index is 1250. The van der Waals surface area contributed by atoms with Crippen molar-refractivity contribution in [2.24, 2.45) is 0 Å². The molecule has 3 aromatic rings. The molecule has 1 fully saturated rings. The summed E-state index contributed by atoms with van der Waals surface area (Å²) in [5.41, 5.74) is 2.32. The van der Waals surface area contributed by atoms with Crippen LogP contribution in [0.25, 0.3) is 0 Å². The minimum Gasteiger partial charge on any atom is -0.496 e. The van der Waals surface area contributed by atoms with E-state index in [2.05, 4.69) is 5.32 Å². The Morgan fingerprint density at radius 2 is 1.59 bits per heavy atom. The molecule has 1 saturated heterocycles. The van der Waals surface area contributed by atoms with Crippen LogP contribution in [0, 0.1) is 6.92 Å². The molecule has 1 atom stereocenters. The Morgan fingerprint density at radius 3 is 2.12 bits per heavy atom. The van der Waals surface area contributed by atoms with Crippen LogP contribution in [0.3, 0.4) is 0 Å². The fourth-order valence-electron chi connectivity index (χ4n) is 4.21. The topological polar surface area (TPSA) is 92.8 Å². The zero-order valence-corrected chi connectivity index (χ0v) is 19.8. The Balaban J connectivity index is 1.65. The fraction of sp³-hybridized carbons (Fsp3) is 0.231. The van der Waals surface area contributed by atoms with Crippen LogP contribution in [0.4, 0.5) is 0 Å². The number of ether oxygens (including phenoxy) is 1. The Kier molecular flexibility index (Phi) is 6.70. The molecule has 2 amide bonds. The first kappa shape index (κ1) is 23.5. The molecule has 34 heavy (non-hydrogen) atoms. The van der Waals surface area contributed by atoms with E-state index in [1.54, 1.807) is 13.0 Å². The summed E-state index contributed by atoms with van der Waals surface area (Å²) in [6, 6.07) is 21.6. The van der Waals surface area contributed by atoms with E-state index in [9.17, 15) is 18.0 Å². The largest absolute Gasteiger partial charge is 0.496 e. The average molecular weight is 479 g/mol. The first-order chi connectivity index (χ1) is 16.3. The average Bonchev–Trinajstić information content (AvgIpc) is 3.25. The number of amides is 2. The maximum absolute atomic E-state index is 13.4. The lowest BCUT2D eigenvalue weighted by Gasteiger charge is -2.27. The number of hydrogen-bond donors (Lipinski definition) is 1. The molecule has 0 radical (unpaired) electrons. The number of benzene rings is 3. The van der Waals surface area contributed by atoms with Gasteiger partial charge in [-0.05, 0) is 48.2 Å². The maximum Gasteiger partial charge on any atom is 0.267 e. The molecule has 1 N–H and O–H groups in total. The second-order valence-corrected chi connectivity index (χ2v) is 9.96. The van der Waals surface area contributed by atoms with E-state index in [1.807, 2.05) is 60.7 Å². The molecule has 1 heterocycles. The summed E-state index contributed by atoms with van der Waals surface area (Å²) < 4.78 is 32.8. The number of aryl methyl sites for hydroxylation is 1. The predicted molar refractivity (Wildman–Crippen MR) is 128 cm³/mol. The quantitative estimate of drug-likeness (QED) is 0.560. The minimum absolute atomic E-state index is 0.0200. The summed E-state index contributed by atoms with van der Waals surface area (Å²) in [5.74, 6) is -0.573. The molecule has 7 nitrogen and oxygen atoms in total. The molecular formula is C26H26N2O5S. The van der Waals surface area contributed by atoms with E-state index in [1.165, 1.54) is 19.2 Å². The van der Waals surface area contributed by atoms with E-state index in [0.717, 1.165) is 15.4 Å². The lowest BCUT2D eigenvalue weighted by atomic mass is 9.98. The molecule has 0 spiro atoms. The van der Waals surface area contributed by atoms with Gasteiger partial charge in [-0.1, -0.05) is 60.7 Å². The Morgan fingerprint density at radius 1 is 1.00 bits per heavy atom. The molecule has 0 saturated carbocycles. The summed E-state index contributed by atoms with van der Waals surface area (Å²) >= 11 is 0. The summed E-state index contributed by atoms with van der Waals surface area (Å²) in [6.45, 7) is 1.72. The van der Waals surface area contributed by atoms with Gasteiger partial charge in [0.25, 0.3) is 10.0 Å². The second kappa shape index (κ2) is 9.69. The Hall–Kier alpha value is -3.65. The van der Waals surface area contributed by atoms with Crippen LogP contribution in [-0.4, -0.2) is 37.7 Å². The molecule has 3 aromatic carbocycles. The van der Waals surface area contributed by atoms with Crippen molar-refractivity contribution in [1.29, 1.82) is 0 Å². The van der Waals surface area contributed by atoms with Gasteiger partial charge >= 0.3 is 0 Å². The molecule has 1 aliphatic rings. The number of sulfonamides is 1. The van der Waals surface area contributed by atoms with Gasteiger partial charge in [0.1, 0.15) is 11.8 Å². The highest BCUT2D eigenvalue weighted by Crippen LogP contribution is 2.31. The third-order valence-corrected chi connectivity index (χ3v) is 7.76. The molecule has 176 valence electrons. The van der Waals surface area contributed by atoms with Gasteiger partial charge in [0.15, 0.2) is 0 Å². The van der Waals surface area contributed by atoms with Gasteiger partial charge in [0.05, 0.1) is 18.0 Å². The van der Waals surface area contributed by atoms with E-state index >= 15 is 0 Å². The lowest BCUT2D eigenvalue weighted by molar-refractivity contribution is -0.130. The molecule has 0 aliphatic carbocycles. The van der Waals surface area contributed by atoms with E-state index in [4.69, 9.17) is 4.74 Å². The monoisotopic (exact) mass is 478 g/mol. The van der Waals surface area contributed by atoms with Crippen molar-refractivity contribution in [3.05, 3.63) is 95.6 Å². The van der Waals surface area contributed by atoms with Gasteiger partial charge in [0, 0.05) is 6.42 Å². The molecule has 1 aliphatic heterocycles. The maximum atomic E-state index is 13.4. The molecule has 0 unspecified atom stereocenters. The number of hydrogen-bond acceptors (Lipinski definition) is 5. The molecule has 0 aromatic heterocycles. The first-order valence-corrected chi connectivity index (χ1v) is 12.4. The van der Waals surface area contributed by atoms with Gasteiger partial charge in [-0.2, -0.15) is 0 Å². The number of carbonyl (C=O) groups is 2. The fourth-order valence-corrected chi connectivity index (χ4v) is 5.90. The van der Waals surface area contributed by atoms with Gasteiger partial charge in [-0.15, -0.1) is 0 Å². The number of methoxy groups -OCH3 is 1. The lowest BCUT2D eigenvalue weighted by Crippen LogP contribution is -2.48. The van der Waals surface area contributed by atoms with Gasteiger partial charge in [-0.3, -0.25) is 9.59 Å². The first-order valence-electron chi connectivity index (χ1n) is 10.9. The molecular weight excluding hydrogens is 452 g/mol. The number of nitrogens with one attached hydrogen (secondary N) is 1. The number of rotatable bonds is 7. The van der Waals surface area contributed by atoms with Gasteiger partial charge in [-0.25, -0.2) is 12.7 Å². The standard InChI is InChI=1S/C26H26N2O5S/c1-18-17-21(13-15-23(18)33-2)34(31,32)28-22(14-16-24(28)29)26(30)27-25(19-9-5-3-6-10-19)20-11-7-4-8-12-20/h3-13,15,17,22,25H,14,16H2,1-2H3,(H,27,30)/t22-/m0/s1.